The average Bonchev–Trinajstić information content (AvgIpc) is 2.61. The Morgan fingerprint density at radius 1 is 0.926 bits per heavy atom. The van der Waals surface area contributed by atoms with Gasteiger partial charge in [0, 0.05) is 31.9 Å². The first-order chi connectivity index (χ1) is 12.8. The number of anilines is 2. The molecule has 0 bridgehead atoms. The Labute approximate surface area is 152 Å². The van der Waals surface area contributed by atoms with E-state index in [4.69, 9.17) is 0 Å². The highest BCUT2D eigenvalue weighted by atomic mass is 19.4. The predicted octanol–water partition coefficient (Wildman–Crippen LogP) is 4.34. The highest BCUT2D eigenvalue weighted by Gasteiger charge is 2.31. The van der Waals surface area contributed by atoms with E-state index in [1.807, 2.05) is 0 Å². The van der Waals surface area contributed by atoms with Gasteiger partial charge >= 0.3 is 12.2 Å². The van der Waals surface area contributed by atoms with Crippen LogP contribution in [0.3, 0.4) is 0 Å². The molecule has 2 aromatic rings. The standard InChI is InChI=1S/C18H16F5N3O/c19-14-5-2-6-15(20)16(14)25-7-9-26(10-8-25)17(27)24-13-4-1-3-12(11-13)18(21,22)23/h1-6,11H,7-10H2,(H,24,27). The molecule has 0 radical (unpaired) electrons. The molecule has 1 N–H and O–H groups in total. The lowest BCUT2D eigenvalue weighted by atomic mass is 10.2. The number of rotatable bonds is 2. The molecule has 0 saturated carbocycles. The first-order valence-electron chi connectivity index (χ1n) is 8.18. The fourth-order valence-electron chi connectivity index (χ4n) is 2.90. The topological polar surface area (TPSA) is 35.6 Å². The Hall–Kier alpha value is -2.84. The van der Waals surface area contributed by atoms with Crippen LogP contribution in [0.4, 0.5) is 38.1 Å². The van der Waals surface area contributed by atoms with Crippen molar-refractivity contribution in [3.63, 3.8) is 0 Å². The molecule has 2 aromatic carbocycles. The minimum atomic E-state index is -4.50. The van der Waals surface area contributed by atoms with Gasteiger partial charge in [-0.25, -0.2) is 13.6 Å². The van der Waals surface area contributed by atoms with Crippen molar-refractivity contribution in [2.24, 2.45) is 0 Å². The van der Waals surface area contributed by atoms with E-state index in [1.54, 1.807) is 0 Å². The monoisotopic (exact) mass is 385 g/mol. The van der Waals surface area contributed by atoms with Gasteiger partial charge < -0.3 is 15.1 Å². The number of urea groups is 1. The van der Waals surface area contributed by atoms with Crippen LogP contribution in [0.25, 0.3) is 0 Å². The second-order valence-corrected chi connectivity index (χ2v) is 6.05. The van der Waals surface area contributed by atoms with Crippen molar-refractivity contribution in [2.45, 2.75) is 6.18 Å². The lowest BCUT2D eigenvalue weighted by Gasteiger charge is -2.36. The molecular weight excluding hydrogens is 369 g/mol. The number of para-hydroxylation sites is 1. The molecule has 0 aromatic heterocycles. The molecule has 144 valence electrons. The maximum atomic E-state index is 13.8. The van der Waals surface area contributed by atoms with Crippen LogP contribution < -0.4 is 10.2 Å². The molecule has 9 heteroatoms. The Kier molecular flexibility index (Phi) is 5.20. The summed E-state index contributed by atoms with van der Waals surface area (Å²) in [6.45, 7) is 0.763. The van der Waals surface area contributed by atoms with Gasteiger partial charge in [-0.3, -0.25) is 0 Å². The van der Waals surface area contributed by atoms with Crippen molar-refractivity contribution >= 4 is 17.4 Å². The van der Waals surface area contributed by atoms with E-state index >= 15 is 0 Å². The number of carbonyl (C=O) groups is 1. The van der Waals surface area contributed by atoms with Gasteiger partial charge in [0.2, 0.25) is 0 Å². The molecule has 1 saturated heterocycles. The van der Waals surface area contributed by atoms with E-state index < -0.39 is 29.4 Å². The fourth-order valence-corrected chi connectivity index (χ4v) is 2.90. The van der Waals surface area contributed by atoms with E-state index in [0.29, 0.717) is 0 Å². The number of halogens is 5. The van der Waals surface area contributed by atoms with Crippen LogP contribution in [0.2, 0.25) is 0 Å². The summed E-state index contributed by atoms with van der Waals surface area (Å²) < 4.78 is 65.9. The van der Waals surface area contributed by atoms with Gasteiger partial charge in [-0.1, -0.05) is 12.1 Å². The summed E-state index contributed by atoms with van der Waals surface area (Å²) in [6, 6.07) is 7.35. The van der Waals surface area contributed by atoms with Crippen molar-refractivity contribution in [1.29, 1.82) is 0 Å². The summed E-state index contributed by atoms with van der Waals surface area (Å²) in [5, 5.41) is 2.42. The second kappa shape index (κ2) is 7.42. The number of hydrogen-bond donors (Lipinski definition) is 1. The molecule has 0 atom stereocenters. The average molecular weight is 385 g/mol. The summed E-state index contributed by atoms with van der Waals surface area (Å²) in [7, 11) is 0. The zero-order valence-electron chi connectivity index (χ0n) is 14.1. The van der Waals surface area contributed by atoms with Crippen LogP contribution in [-0.2, 0) is 6.18 Å². The van der Waals surface area contributed by atoms with Crippen molar-refractivity contribution in [3.05, 3.63) is 59.7 Å². The predicted molar refractivity (Wildman–Crippen MR) is 90.6 cm³/mol. The van der Waals surface area contributed by atoms with E-state index in [1.165, 1.54) is 28.0 Å². The molecule has 0 unspecified atom stereocenters. The normalized spacial score (nSPS) is 15.0. The number of benzene rings is 2. The van der Waals surface area contributed by atoms with Crippen molar-refractivity contribution in [2.75, 3.05) is 36.4 Å². The second-order valence-electron chi connectivity index (χ2n) is 6.05. The third-order valence-corrected chi connectivity index (χ3v) is 4.26. The number of carbonyl (C=O) groups excluding carboxylic acids is 1. The number of hydrogen-bond acceptors (Lipinski definition) is 2. The lowest BCUT2D eigenvalue weighted by molar-refractivity contribution is -0.137. The SMILES string of the molecule is O=C(Nc1cccc(C(F)(F)F)c1)N1CCN(c2c(F)cccc2F)CC1. The third-order valence-electron chi connectivity index (χ3n) is 4.26. The molecule has 4 nitrogen and oxygen atoms in total. The smallest absolute Gasteiger partial charge is 0.363 e. The minimum absolute atomic E-state index is 0.0254. The molecule has 0 aliphatic carbocycles. The Morgan fingerprint density at radius 3 is 2.11 bits per heavy atom. The van der Waals surface area contributed by atoms with Crippen molar-refractivity contribution in [1.82, 2.24) is 4.90 Å². The number of amides is 2. The van der Waals surface area contributed by atoms with Crippen molar-refractivity contribution < 1.29 is 26.7 Å². The first kappa shape index (κ1) is 18.9. The van der Waals surface area contributed by atoms with Crippen LogP contribution in [0, 0.1) is 11.6 Å². The third kappa shape index (κ3) is 4.29. The first-order valence-corrected chi connectivity index (χ1v) is 8.18. The minimum Gasteiger partial charge on any atom is -0.363 e. The summed E-state index contributed by atoms with van der Waals surface area (Å²) in [4.78, 5) is 15.2. The van der Waals surface area contributed by atoms with Crippen molar-refractivity contribution in [3.8, 4) is 0 Å². The highest BCUT2D eigenvalue weighted by Crippen LogP contribution is 2.31. The van der Waals surface area contributed by atoms with E-state index in [2.05, 4.69) is 5.32 Å². The maximum Gasteiger partial charge on any atom is 0.416 e. The molecule has 3 rings (SSSR count). The van der Waals surface area contributed by atoms with Crippen LogP contribution in [0.15, 0.2) is 42.5 Å². The van der Waals surface area contributed by atoms with Gasteiger partial charge in [-0.2, -0.15) is 13.2 Å². The molecule has 1 heterocycles. The van der Waals surface area contributed by atoms with Gasteiger partial charge in [-0.05, 0) is 30.3 Å². The zero-order valence-corrected chi connectivity index (χ0v) is 14.1. The van der Waals surface area contributed by atoms with Gasteiger partial charge in [0.15, 0.2) is 0 Å². The number of nitrogens with one attached hydrogen (secondary N) is 1. The van der Waals surface area contributed by atoms with Crippen LogP contribution in [0.1, 0.15) is 5.56 Å². The van der Waals surface area contributed by atoms with Gasteiger partial charge in [0.05, 0.1) is 5.56 Å². The quantitative estimate of drug-likeness (QED) is 0.781. The molecule has 0 spiro atoms. The lowest BCUT2D eigenvalue weighted by Crippen LogP contribution is -2.50. The summed E-state index contributed by atoms with van der Waals surface area (Å²) in [5.41, 5.74) is -0.979. The molecular formula is C18H16F5N3O. The molecule has 27 heavy (non-hydrogen) atoms. The molecule has 1 fully saturated rings. The van der Waals surface area contributed by atoms with Crippen LogP contribution in [-0.4, -0.2) is 37.1 Å². The Morgan fingerprint density at radius 2 is 1.52 bits per heavy atom. The van der Waals surface area contributed by atoms with E-state index in [0.717, 1.165) is 24.3 Å². The Balaban J connectivity index is 1.62. The number of nitrogens with zero attached hydrogens (tertiary/aromatic N) is 2. The van der Waals surface area contributed by atoms with Crippen LogP contribution in [0.5, 0.6) is 0 Å². The summed E-state index contributed by atoms with van der Waals surface area (Å²) in [5.74, 6) is -1.37. The molecule has 1 aliphatic heterocycles. The number of piperazine rings is 1. The van der Waals surface area contributed by atoms with E-state index in [9.17, 15) is 26.7 Å². The van der Waals surface area contributed by atoms with Gasteiger partial charge in [0.1, 0.15) is 17.3 Å². The molecule has 1 aliphatic rings. The highest BCUT2D eigenvalue weighted by molar-refractivity contribution is 5.89. The summed E-state index contributed by atoms with van der Waals surface area (Å²) in [6.07, 6.45) is -4.50. The Bertz CT molecular complexity index is 812. The maximum absolute atomic E-state index is 13.8. The molecule has 2 amide bonds. The summed E-state index contributed by atoms with van der Waals surface area (Å²) >= 11 is 0. The number of alkyl halides is 3. The van der Waals surface area contributed by atoms with Gasteiger partial charge in [0.25, 0.3) is 0 Å². The van der Waals surface area contributed by atoms with Crippen LogP contribution >= 0.6 is 0 Å². The fraction of sp³-hybridized carbons (Fsp3) is 0.278. The largest absolute Gasteiger partial charge is 0.416 e. The van der Waals surface area contributed by atoms with E-state index in [-0.39, 0.29) is 37.6 Å². The zero-order chi connectivity index (χ0) is 19.6. The van der Waals surface area contributed by atoms with Gasteiger partial charge in [-0.15, -0.1) is 0 Å².